The fourth-order valence-corrected chi connectivity index (χ4v) is 4.33. The summed E-state index contributed by atoms with van der Waals surface area (Å²) in [4.78, 5) is 30.9. The SMILES string of the molecule is CC(=O)N(c1nc(Cn2nc(-c3ccccc3F)ccc2=O)cs1)c1ccc(C)cc1C. The van der Waals surface area contributed by atoms with E-state index in [1.54, 1.807) is 28.5 Å². The van der Waals surface area contributed by atoms with Gasteiger partial charge in [0.1, 0.15) is 5.82 Å². The zero-order chi connectivity index (χ0) is 22.8. The predicted octanol–water partition coefficient (Wildman–Crippen LogP) is 4.86. The molecular weight excluding hydrogens is 427 g/mol. The zero-order valence-corrected chi connectivity index (χ0v) is 18.7. The van der Waals surface area contributed by atoms with Gasteiger partial charge < -0.3 is 0 Å². The molecule has 0 spiro atoms. The van der Waals surface area contributed by atoms with Gasteiger partial charge in [-0.05, 0) is 43.7 Å². The van der Waals surface area contributed by atoms with Crippen molar-refractivity contribution in [1.29, 1.82) is 0 Å². The number of aryl methyl sites for hydroxylation is 2. The summed E-state index contributed by atoms with van der Waals surface area (Å²) in [5.41, 5.74) is 3.78. The van der Waals surface area contributed by atoms with Gasteiger partial charge in [0, 0.05) is 23.9 Å². The van der Waals surface area contributed by atoms with Gasteiger partial charge in [-0.1, -0.05) is 29.8 Å². The molecule has 0 atom stereocenters. The third kappa shape index (κ3) is 4.36. The molecule has 8 heteroatoms. The lowest BCUT2D eigenvalue weighted by Crippen LogP contribution is -2.24. The molecule has 0 aliphatic heterocycles. The molecule has 2 aromatic heterocycles. The number of anilines is 2. The fourth-order valence-electron chi connectivity index (χ4n) is 3.46. The zero-order valence-electron chi connectivity index (χ0n) is 17.9. The van der Waals surface area contributed by atoms with Crippen LogP contribution in [0.4, 0.5) is 15.2 Å². The third-order valence-corrected chi connectivity index (χ3v) is 5.84. The summed E-state index contributed by atoms with van der Waals surface area (Å²) in [5, 5.41) is 6.62. The number of halogens is 1. The van der Waals surface area contributed by atoms with Crippen LogP contribution in [-0.4, -0.2) is 20.7 Å². The molecule has 0 fully saturated rings. The number of carbonyl (C=O) groups excluding carboxylic acids is 1. The first-order valence-corrected chi connectivity index (χ1v) is 10.9. The number of thiazole rings is 1. The second-order valence-corrected chi connectivity index (χ2v) is 8.30. The molecule has 0 saturated carbocycles. The Bertz CT molecular complexity index is 1360. The van der Waals surface area contributed by atoms with E-state index in [1.165, 1.54) is 41.1 Å². The lowest BCUT2D eigenvalue weighted by atomic mass is 10.1. The molecule has 6 nitrogen and oxygen atoms in total. The third-order valence-electron chi connectivity index (χ3n) is 4.97. The number of rotatable bonds is 5. The average Bonchev–Trinajstić information content (AvgIpc) is 3.20. The molecule has 4 aromatic rings. The molecule has 0 saturated heterocycles. The lowest BCUT2D eigenvalue weighted by molar-refractivity contribution is -0.115. The van der Waals surface area contributed by atoms with Gasteiger partial charge in [0.15, 0.2) is 5.13 Å². The van der Waals surface area contributed by atoms with Crippen LogP contribution in [0, 0.1) is 19.7 Å². The van der Waals surface area contributed by atoms with Crippen molar-refractivity contribution in [2.75, 3.05) is 4.90 Å². The summed E-state index contributed by atoms with van der Waals surface area (Å²) >= 11 is 1.31. The van der Waals surface area contributed by atoms with E-state index < -0.39 is 5.82 Å². The van der Waals surface area contributed by atoms with E-state index in [4.69, 9.17) is 0 Å². The molecule has 0 aliphatic rings. The van der Waals surface area contributed by atoms with Crippen molar-refractivity contribution in [3.8, 4) is 11.3 Å². The Morgan fingerprint density at radius 3 is 2.62 bits per heavy atom. The number of amides is 1. The van der Waals surface area contributed by atoms with Crippen LogP contribution in [0.15, 0.2) is 64.8 Å². The van der Waals surface area contributed by atoms with Crippen LogP contribution < -0.4 is 10.5 Å². The van der Waals surface area contributed by atoms with Crippen molar-refractivity contribution in [2.45, 2.75) is 27.3 Å². The van der Waals surface area contributed by atoms with Gasteiger partial charge in [-0.25, -0.2) is 14.1 Å². The van der Waals surface area contributed by atoms with E-state index in [-0.39, 0.29) is 18.0 Å². The summed E-state index contributed by atoms with van der Waals surface area (Å²) in [6, 6.07) is 15.0. The lowest BCUT2D eigenvalue weighted by Gasteiger charge is -2.20. The maximum Gasteiger partial charge on any atom is 0.267 e. The minimum Gasteiger partial charge on any atom is -0.274 e. The summed E-state index contributed by atoms with van der Waals surface area (Å²) in [6.07, 6.45) is 0. The summed E-state index contributed by atoms with van der Waals surface area (Å²) in [6.45, 7) is 5.54. The van der Waals surface area contributed by atoms with Gasteiger partial charge >= 0.3 is 0 Å². The van der Waals surface area contributed by atoms with Gasteiger partial charge in [-0.15, -0.1) is 11.3 Å². The van der Waals surface area contributed by atoms with Crippen molar-refractivity contribution in [1.82, 2.24) is 14.8 Å². The van der Waals surface area contributed by atoms with Crippen molar-refractivity contribution in [3.05, 3.63) is 93.0 Å². The van der Waals surface area contributed by atoms with E-state index in [9.17, 15) is 14.0 Å². The average molecular weight is 449 g/mol. The normalized spacial score (nSPS) is 10.9. The molecule has 0 radical (unpaired) electrons. The number of carbonyl (C=O) groups is 1. The van der Waals surface area contributed by atoms with Crippen LogP contribution in [0.5, 0.6) is 0 Å². The molecule has 162 valence electrons. The molecule has 4 rings (SSSR count). The Balaban J connectivity index is 1.66. The highest BCUT2D eigenvalue weighted by atomic mass is 32.1. The van der Waals surface area contributed by atoms with Gasteiger partial charge in [0.2, 0.25) is 5.91 Å². The molecule has 0 bridgehead atoms. The molecule has 2 aromatic carbocycles. The molecule has 0 unspecified atom stereocenters. The van der Waals surface area contributed by atoms with E-state index in [2.05, 4.69) is 10.1 Å². The van der Waals surface area contributed by atoms with Crippen molar-refractivity contribution in [2.24, 2.45) is 0 Å². The molecular formula is C24H21FN4O2S. The predicted molar refractivity (Wildman–Crippen MR) is 124 cm³/mol. The molecule has 1 amide bonds. The van der Waals surface area contributed by atoms with E-state index >= 15 is 0 Å². The van der Waals surface area contributed by atoms with Crippen molar-refractivity contribution < 1.29 is 9.18 Å². The minimum absolute atomic E-state index is 0.107. The van der Waals surface area contributed by atoms with Gasteiger partial charge in [-0.2, -0.15) is 5.10 Å². The second-order valence-electron chi connectivity index (χ2n) is 7.46. The van der Waals surface area contributed by atoms with Gasteiger partial charge in [0.05, 0.1) is 23.6 Å². The fraction of sp³-hybridized carbons (Fsp3) is 0.167. The Hall–Kier alpha value is -3.65. The maximum atomic E-state index is 14.1. The van der Waals surface area contributed by atoms with Crippen LogP contribution >= 0.6 is 11.3 Å². The Morgan fingerprint density at radius 2 is 1.91 bits per heavy atom. The van der Waals surface area contributed by atoms with Gasteiger partial charge in [-0.3, -0.25) is 14.5 Å². The Kier molecular flexibility index (Phi) is 5.96. The monoisotopic (exact) mass is 448 g/mol. The highest BCUT2D eigenvalue weighted by Gasteiger charge is 2.20. The highest BCUT2D eigenvalue weighted by Crippen LogP contribution is 2.32. The first kappa shape index (κ1) is 21.6. The standard InChI is InChI=1S/C24H21FN4O2S/c1-15-8-10-22(16(2)12-15)29(17(3)30)24-26-18(14-32-24)13-28-23(31)11-9-21(27-28)19-6-4-5-7-20(19)25/h4-12,14H,13H2,1-3H3. The Labute approximate surface area is 188 Å². The first-order valence-electron chi connectivity index (χ1n) is 9.99. The minimum atomic E-state index is -0.410. The van der Waals surface area contributed by atoms with Crippen LogP contribution in [-0.2, 0) is 11.3 Å². The number of hydrogen-bond acceptors (Lipinski definition) is 5. The van der Waals surface area contributed by atoms with Crippen molar-refractivity contribution >= 4 is 28.1 Å². The maximum absolute atomic E-state index is 14.1. The molecule has 32 heavy (non-hydrogen) atoms. The van der Waals surface area contributed by atoms with E-state index in [0.29, 0.717) is 22.1 Å². The molecule has 2 heterocycles. The molecule has 0 N–H and O–H groups in total. The quantitative estimate of drug-likeness (QED) is 0.437. The first-order chi connectivity index (χ1) is 15.3. The summed E-state index contributed by atoms with van der Waals surface area (Å²) < 4.78 is 15.4. The number of aromatic nitrogens is 3. The second kappa shape index (κ2) is 8.84. The topological polar surface area (TPSA) is 68.1 Å². The number of benzene rings is 2. The van der Waals surface area contributed by atoms with Crippen LogP contribution in [0.2, 0.25) is 0 Å². The van der Waals surface area contributed by atoms with Crippen LogP contribution in [0.3, 0.4) is 0 Å². The van der Waals surface area contributed by atoms with Crippen LogP contribution in [0.1, 0.15) is 23.7 Å². The largest absolute Gasteiger partial charge is 0.274 e. The van der Waals surface area contributed by atoms with Crippen molar-refractivity contribution in [3.63, 3.8) is 0 Å². The summed E-state index contributed by atoms with van der Waals surface area (Å²) in [7, 11) is 0. The smallest absolute Gasteiger partial charge is 0.267 e. The van der Waals surface area contributed by atoms with E-state index in [1.807, 2.05) is 32.0 Å². The molecule has 0 aliphatic carbocycles. The number of nitrogens with zero attached hydrogens (tertiary/aromatic N) is 4. The number of hydrogen-bond donors (Lipinski definition) is 0. The summed E-state index contributed by atoms with van der Waals surface area (Å²) in [5.74, 6) is -0.568. The van der Waals surface area contributed by atoms with Crippen LogP contribution in [0.25, 0.3) is 11.3 Å². The highest BCUT2D eigenvalue weighted by molar-refractivity contribution is 7.14. The Morgan fingerprint density at radius 1 is 1.12 bits per heavy atom. The van der Waals surface area contributed by atoms with E-state index in [0.717, 1.165) is 16.8 Å². The van der Waals surface area contributed by atoms with Gasteiger partial charge in [0.25, 0.3) is 5.56 Å².